The van der Waals surface area contributed by atoms with Crippen molar-refractivity contribution >= 4 is 27.3 Å². The zero-order valence-electron chi connectivity index (χ0n) is 11.3. The molecule has 1 N–H and O–H groups in total. The Morgan fingerprint density at radius 2 is 2.20 bits per heavy atom. The van der Waals surface area contributed by atoms with Gasteiger partial charge in [-0.15, -0.1) is 0 Å². The fourth-order valence-corrected chi connectivity index (χ4v) is 2.05. The van der Waals surface area contributed by atoms with Crippen molar-refractivity contribution in [3.63, 3.8) is 0 Å². The van der Waals surface area contributed by atoms with Crippen LogP contribution in [0.4, 0.5) is 11.4 Å². The Balaban J connectivity index is 2.20. The van der Waals surface area contributed by atoms with Gasteiger partial charge in [0.25, 0.3) is 5.56 Å². The molecular formula is C12H16BrN5O2. The van der Waals surface area contributed by atoms with Crippen LogP contribution in [-0.4, -0.2) is 33.3 Å². The van der Waals surface area contributed by atoms with Crippen molar-refractivity contribution in [1.29, 1.82) is 0 Å². The van der Waals surface area contributed by atoms with Gasteiger partial charge >= 0.3 is 0 Å². The van der Waals surface area contributed by atoms with Crippen LogP contribution in [0.5, 0.6) is 0 Å². The molecule has 2 rings (SSSR count). The number of hydrogen-bond donors (Lipinski definition) is 1. The highest BCUT2D eigenvalue weighted by molar-refractivity contribution is 9.10. The number of rotatable bonds is 6. The van der Waals surface area contributed by atoms with Crippen LogP contribution in [-0.2, 0) is 17.8 Å². The van der Waals surface area contributed by atoms with Gasteiger partial charge in [0.15, 0.2) is 0 Å². The first-order chi connectivity index (χ1) is 9.65. The maximum Gasteiger partial charge on any atom is 0.283 e. The van der Waals surface area contributed by atoms with Gasteiger partial charge in [0.05, 0.1) is 36.9 Å². The van der Waals surface area contributed by atoms with Gasteiger partial charge in [-0.3, -0.25) is 9.48 Å². The van der Waals surface area contributed by atoms with Crippen LogP contribution < -0.4 is 10.9 Å². The first kappa shape index (κ1) is 14.7. The second-order valence-corrected chi connectivity index (χ2v) is 4.90. The van der Waals surface area contributed by atoms with E-state index < -0.39 is 0 Å². The summed E-state index contributed by atoms with van der Waals surface area (Å²) < 4.78 is 8.53. The van der Waals surface area contributed by atoms with E-state index in [1.165, 1.54) is 4.68 Å². The molecule has 7 nitrogen and oxygen atoms in total. The van der Waals surface area contributed by atoms with Gasteiger partial charge < -0.3 is 10.1 Å². The van der Waals surface area contributed by atoms with E-state index in [0.29, 0.717) is 23.3 Å². The maximum absolute atomic E-state index is 12.1. The minimum Gasteiger partial charge on any atom is -0.383 e. The van der Waals surface area contributed by atoms with Crippen molar-refractivity contribution in [3.05, 3.63) is 33.4 Å². The minimum absolute atomic E-state index is 0.199. The van der Waals surface area contributed by atoms with E-state index in [0.717, 1.165) is 12.2 Å². The van der Waals surface area contributed by atoms with Crippen molar-refractivity contribution in [3.8, 4) is 0 Å². The fraction of sp³-hybridized carbons (Fsp3) is 0.417. The predicted octanol–water partition coefficient (Wildman–Crippen LogP) is 1.61. The molecule has 0 spiro atoms. The van der Waals surface area contributed by atoms with Gasteiger partial charge in [0.1, 0.15) is 4.47 Å². The number of aromatic nitrogens is 4. The normalized spacial score (nSPS) is 10.8. The molecule has 0 saturated carbocycles. The van der Waals surface area contributed by atoms with Gasteiger partial charge in [0.2, 0.25) is 0 Å². The number of nitrogens with one attached hydrogen (secondary N) is 1. The number of hydrogen-bond acceptors (Lipinski definition) is 5. The average Bonchev–Trinajstić information content (AvgIpc) is 2.91. The zero-order chi connectivity index (χ0) is 14.5. The molecule has 0 aliphatic rings. The molecule has 0 aliphatic heterocycles. The van der Waals surface area contributed by atoms with Gasteiger partial charge in [-0.1, -0.05) is 0 Å². The average molecular weight is 342 g/mol. The molecule has 0 radical (unpaired) electrons. The largest absolute Gasteiger partial charge is 0.383 e. The first-order valence-electron chi connectivity index (χ1n) is 6.19. The van der Waals surface area contributed by atoms with Crippen LogP contribution in [0.1, 0.15) is 6.92 Å². The third kappa shape index (κ3) is 3.26. The van der Waals surface area contributed by atoms with Gasteiger partial charge in [-0.25, -0.2) is 4.68 Å². The van der Waals surface area contributed by atoms with Crippen molar-refractivity contribution in [2.45, 2.75) is 20.0 Å². The Kier molecular flexibility index (Phi) is 4.91. The molecular weight excluding hydrogens is 326 g/mol. The van der Waals surface area contributed by atoms with E-state index in [4.69, 9.17) is 4.74 Å². The van der Waals surface area contributed by atoms with E-state index in [1.54, 1.807) is 24.2 Å². The van der Waals surface area contributed by atoms with Gasteiger partial charge in [-0.05, 0) is 22.9 Å². The lowest BCUT2D eigenvalue weighted by Gasteiger charge is -2.08. The topological polar surface area (TPSA) is 74.0 Å². The minimum atomic E-state index is -0.199. The Hall–Kier alpha value is -1.67. The standard InChI is InChI=1S/C12H16BrN5O2/c1-3-17-8-9(6-14-17)16-10-7-15-18(4-5-20-2)12(19)11(10)13/h6-8,16H,3-5H2,1-2H3. The Bertz CT molecular complexity index is 637. The lowest BCUT2D eigenvalue weighted by Crippen LogP contribution is -2.25. The highest BCUT2D eigenvalue weighted by atomic mass is 79.9. The maximum atomic E-state index is 12.1. The Morgan fingerprint density at radius 3 is 2.85 bits per heavy atom. The predicted molar refractivity (Wildman–Crippen MR) is 79.3 cm³/mol. The van der Waals surface area contributed by atoms with Crippen LogP contribution in [0.2, 0.25) is 0 Å². The number of halogens is 1. The molecule has 0 bridgehead atoms. The van der Waals surface area contributed by atoms with Crippen molar-refractivity contribution in [1.82, 2.24) is 19.6 Å². The molecule has 108 valence electrons. The highest BCUT2D eigenvalue weighted by Gasteiger charge is 2.09. The summed E-state index contributed by atoms with van der Waals surface area (Å²) in [5.74, 6) is 0. The third-order valence-electron chi connectivity index (χ3n) is 2.73. The molecule has 8 heteroatoms. The summed E-state index contributed by atoms with van der Waals surface area (Å²) in [6, 6.07) is 0. The summed E-state index contributed by atoms with van der Waals surface area (Å²) in [6.45, 7) is 3.66. The molecule has 0 fully saturated rings. The molecule has 0 saturated heterocycles. The number of ether oxygens (including phenoxy) is 1. The van der Waals surface area contributed by atoms with Crippen LogP contribution in [0.15, 0.2) is 27.9 Å². The summed E-state index contributed by atoms with van der Waals surface area (Å²) in [7, 11) is 1.58. The first-order valence-corrected chi connectivity index (χ1v) is 6.99. The van der Waals surface area contributed by atoms with Crippen LogP contribution in [0.3, 0.4) is 0 Å². The number of aryl methyl sites for hydroxylation is 1. The molecule has 0 unspecified atom stereocenters. The lowest BCUT2D eigenvalue weighted by atomic mass is 10.4. The molecule has 2 heterocycles. The number of anilines is 2. The van der Waals surface area contributed by atoms with E-state index in [1.807, 2.05) is 13.1 Å². The molecule has 2 aromatic heterocycles. The third-order valence-corrected chi connectivity index (χ3v) is 3.49. The lowest BCUT2D eigenvalue weighted by molar-refractivity contribution is 0.181. The molecule has 0 amide bonds. The summed E-state index contributed by atoms with van der Waals surface area (Å²) in [5.41, 5.74) is 1.22. The highest BCUT2D eigenvalue weighted by Crippen LogP contribution is 2.21. The van der Waals surface area contributed by atoms with Crippen molar-refractivity contribution in [2.24, 2.45) is 0 Å². The van der Waals surface area contributed by atoms with E-state index in [2.05, 4.69) is 31.4 Å². The smallest absolute Gasteiger partial charge is 0.283 e. The zero-order valence-corrected chi connectivity index (χ0v) is 12.9. The molecule has 0 aliphatic carbocycles. The molecule has 0 aromatic carbocycles. The summed E-state index contributed by atoms with van der Waals surface area (Å²) in [5, 5.41) is 11.4. The Labute approximate surface area is 124 Å². The van der Waals surface area contributed by atoms with Crippen LogP contribution >= 0.6 is 15.9 Å². The molecule has 0 atom stereocenters. The van der Waals surface area contributed by atoms with Crippen LogP contribution in [0.25, 0.3) is 0 Å². The second-order valence-electron chi connectivity index (χ2n) is 4.10. The van der Waals surface area contributed by atoms with E-state index in [-0.39, 0.29) is 5.56 Å². The number of nitrogens with zero attached hydrogens (tertiary/aromatic N) is 4. The monoisotopic (exact) mass is 341 g/mol. The summed E-state index contributed by atoms with van der Waals surface area (Å²) in [4.78, 5) is 12.1. The molecule has 20 heavy (non-hydrogen) atoms. The number of methoxy groups -OCH3 is 1. The van der Waals surface area contributed by atoms with E-state index in [9.17, 15) is 4.79 Å². The second kappa shape index (κ2) is 6.67. The SMILES string of the molecule is CCn1cc(Nc2cnn(CCOC)c(=O)c2Br)cn1. The van der Waals surface area contributed by atoms with E-state index >= 15 is 0 Å². The molecule has 2 aromatic rings. The Morgan fingerprint density at radius 1 is 1.40 bits per heavy atom. The van der Waals surface area contributed by atoms with Gasteiger partial charge in [-0.2, -0.15) is 10.2 Å². The van der Waals surface area contributed by atoms with Crippen molar-refractivity contribution in [2.75, 3.05) is 19.0 Å². The summed E-state index contributed by atoms with van der Waals surface area (Å²) in [6.07, 6.45) is 5.17. The quantitative estimate of drug-likeness (QED) is 0.863. The van der Waals surface area contributed by atoms with Crippen LogP contribution in [0, 0.1) is 0 Å². The van der Waals surface area contributed by atoms with Crippen molar-refractivity contribution < 1.29 is 4.74 Å². The fourth-order valence-electron chi connectivity index (χ4n) is 1.65. The van der Waals surface area contributed by atoms with Gasteiger partial charge in [0, 0.05) is 19.9 Å². The summed E-state index contributed by atoms with van der Waals surface area (Å²) >= 11 is 3.30.